The fraction of sp³-hybridized carbons (Fsp3) is 0.500. The summed E-state index contributed by atoms with van der Waals surface area (Å²) in [6.07, 6.45) is 1.78. The molecule has 1 rings (SSSR count). The van der Waals surface area contributed by atoms with Crippen LogP contribution in [-0.2, 0) is 6.42 Å². The Labute approximate surface area is 90.7 Å². The lowest BCUT2D eigenvalue weighted by atomic mass is 9.97. The summed E-state index contributed by atoms with van der Waals surface area (Å²) in [5.41, 5.74) is 2.31. The Morgan fingerprint density at radius 2 is 2.14 bits per heavy atom. The standard InChI is InChI=1S/C12H17ClO/c1-3-9(2)11-5-4-10(6-7-14)8-12(11)13/h4-5,8-9,14H,3,6-7H2,1-2H3. The number of hydrogen-bond acceptors (Lipinski definition) is 1. The van der Waals surface area contributed by atoms with Gasteiger partial charge in [0.2, 0.25) is 0 Å². The highest BCUT2D eigenvalue weighted by molar-refractivity contribution is 6.31. The molecule has 0 aliphatic rings. The predicted octanol–water partition coefficient (Wildman–Crippen LogP) is 3.39. The summed E-state index contributed by atoms with van der Waals surface area (Å²) in [6, 6.07) is 6.07. The van der Waals surface area contributed by atoms with Gasteiger partial charge < -0.3 is 5.11 Å². The smallest absolute Gasteiger partial charge is 0.0471 e. The van der Waals surface area contributed by atoms with Crippen molar-refractivity contribution < 1.29 is 5.11 Å². The average Bonchev–Trinajstić information content (AvgIpc) is 2.17. The lowest BCUT2D eigenvalue weighted by molar-refractivity contribution is 0.299. The molecule has 0 bridgehead atoms. The molecule has 1 unspecified atom stereocenters. The Bertz CT molecular complexity index is 296. The Morgan fingerprint density at radius 1 is 1.43 bits per heavy atom. The van der Waals surface area contributed by atoms with Crippen LogP contribution in [0.4, 0.5) is 0 Å². The lowest BCUT2D eigenvalue weighted by Gasteiger charge is -2.12. The molecule has 0 amide bonds. The summed E-state index contributed by atoms with van der Waals surface area (Å²) in [5, 5.41) is 9.62. The fourth-order valence-electron chi connectivity index (χ4n) is 1.47. The molecule has 14 heavy (non-hydrogen) atoms. The van der Waals surface area contributed by atoms with Crippen molar-refractivity contribution >= 4 is 11.6 Å². The van der Waals surface area contributed by atoms with Crippen molar-refractivity contribution in [1.82, 2.24) is 0 Å². The van der Waals surface area contributed by atoms with E-state index in [1.54, 1.807) is 0 Å². The van der Waals surface area contributed by atoms with E-state index in [0.29, 0.717) is 12.3 Å². The third-order valence-electron chi connectivity index (χ3n) is 2.61. The van der Waals surface area contributed by atoms with Gasteiger partial charge in [0.05, 0.1) is 0 Å². The zero-order chi connectivity index (χ0) is 10.6. The second-order valence-corrected chi connectivity index (χ2v) is 4.05. The Balaban J connectivity index is 2.89. The molecular formula is C12H17ClO. The van der Waals surface area contributed by atoms with Crippen LogP contribution >= 0.6 is 11.6 Å². The van der Waals surface area contributed by atoms with Crippen LogP contribution in [0.1, 0.15) is 37.3 Å². The van der Waals surface area contributed by atoms with Crippen LogP contribution in [0.2, 0.25) is 5.02 Å². The molecule has 0 aromatic heterocycles. The molecule has 1 nitrogen and oxygen atoms in total. The van der Waals surface area contributed by atoms with Gasteiger partial charge >= 0.3 is 0 Å². The van der Waals surface area contributed by atoms with E-state index in [4.69, 9.17) is 16.7 Å². The maximum absolute atomic E-state index is 8.79. The first kappa shape index (κ1) is 11.5. The average molecular weight is 213 g/mol. The highest BCUT2D eigenvalue weighted by atomic mass is 35.5. The van der Waals surface area contributed by atoms with Crippen molar-refractivity contribution in [2.24, 2.45) is 0 Å². The van der Waals surface area contributed by atoms with Crippen molar-refractivity contribution in [2.45, 2.75) is 32.6 Å². The largest absolute Gasteiger partial charge is 0.396 e. The Hall–Kier alpha value is -0.530. The van der Waals surface area contributed by atoms with E-state index in [1.807, 2.05) is 12.1 Å². The molecule has 2 heteroatoms. The predicted molar refractivity (Wildman–Crippen MR) is 60.9 cm³/mol. The minimum atomic E-state index is 0.180. The van der Waals surface area contributed by atoms with Crippen molar-refractivity contribution in [3.63, 3.8) is 0 Å². The number of aliphatic hydroxyl groups is 1. The van der Waals surface area contributed by atoms with Gasteiger partial charge in [0, 0.05) is 11.6 Å². The van der Waals surface area contributed by atoms with Gasteiger partial charge in [-0.2, -0.15) is 0 Å². The summed E-state index contributed by atoms with van der Waals surface area (Å²) in [4.78, 5) is 0. The molecule has 1 aromatic rings. The topological polar surface area (TPSA) is 20.2 Å². The van der Waals surface area contributed by atoms with Gasteiger partial charge in [-0.3, -0.25) is 0 Å². The van der Waals surface area contributed by atoms with Gasteiger partial charge in [-0.05, 0) is 36.0 Å². The normalized spacial score (nSPS) is 12.9. The number of aliphatic hydroxyl groups excluding tert-OH is 1. The van der Waals surface area contributed by atoms with Crippen LogP contribution in [0.3, 0.4) is 0 Å². The molecule has 1 atom stereocenters. The van der Waals surface area contributed by atoms with E-state index in [1.165, 1.54) is 5.56 Å². The maximum Gasteiger partial charge on any atom is 0.0471 e. The molecular weight excluding hydrogens is 196 g/mol. The number of hydrogen-bond donors (Lipinski definition) is 1. The fourth-order valence-corrected chi connectivity index (χ4v) is 1.86. The first-order valence-electron chi connectivity index (χ1n) is 5.08. The van der Waals surface area contributed by atoms with Gasteiger partial charge in [0.25, 0.3) is 0 Å². The Kier molecular flexibility index (Phi) is 4.43. The third-order valence-corrected chi connectivity index (χ3v) is 2.94. The van der Waals surface area contributed by atoms with Crippen LogP contribution in [-0.4, -0.2) is 11.7 Å². The van der Waals surface area contributed by atoms with Crippen molar-refractivity contribution in [3.8, 4) is 0 Å². The first-order chi connectivity index (χ1) is 6.69. The van der Waals surface area contributed by atoms with Crippen molar-refractivity contribution in [3.05, 3.63) is 34.3 Å². The number of benzene rings is 1. The van der Waals surface area contributed by atoms with Gasteiger partial charge in [-0.1, -0.05) is 37.6 Å². The van der Waals surface area contributed by atoms with Crippen LogP contribution in [0.5, 0.6) is 0 Å². The first-order valence-corrected chi connectivity index (χ1v) is 5.46. The molecule has 0 fully saturated rings. The summed E-state index contributed by atoms with van der Waals surface area (Å²) in [6.45, 7) is 4.51. The second kappa shape index (κ2) is 5.38. The highest BCUT2D eigenvalue weighted by Gasteiger charge is 2.07. The van der Waals surface area contributed by atoms with E-state index in [9.17, 15) is 0 Å². The molecule has 78 valence electrons. The summed E-state index contributed by atoms with van der Waals surface area (Å²) in [5.74, 6) is 0.505. The minimum absolute atomic E-state index is 0.180. The minimum Gasteiger partial charge on any atom is -0.396 e. The van der Waals surface area contributed by atoms with E-state index < -0.39 is 0 Å². The summed E-state index contributed by atoms with van der Waals surface area (Å²) >= 11 is 6.16. The van der Waals surface area contributed by atoms with E-state index >= 15 is 0 Å². The zero-order valence-electron chi connectivity index (χ0n) is 8.76. The number of halogens is 1. The van der Waals surface area contributed by atoms with Gasteiger partial charge in [-0.15, -0.1) is 0 Å². The van der Waals surface area contributed by atoms with Gasteiger partial charge in [0.15, 0.2) is 0 Å². The molecule has 0 aliphatic heterocycles. The SMILES string of the molecule is CCC(C)c1ccc(CCO)cc1Cl. The third kappa shape index (κ3) is 2.73. The second-order valence-electron chi connectivity index (χ2n) is 3.64. The number of rotatable bonds is 4. The Morgan fingerprint density at radius 3 is 2.64 bits per heavy atom. The van der Waals surface area contributed by atoms with Crippen molar-refractivity contribution in [1.29, 1.82) is 0 Å². The van der Waals surface area contributed by atoms with Gasteiger partial charge in [-0.25, -0.2) is 0 Å². The zero-order valence-corrected chi connectivity index (χ0v) is 9.51. The maximum atomic E-state index is 8.79. The van der Waals surface area contributed by atoms with Crippen LogP contribution in [0, 0.1) is 0 Å². The van der Waals surface area contributed by atoms with E-state index in [2.05, 4.69) is 19.9 Å². The molecule has 0 radical (unpaired) electrons. The lowest BCUT2D eigenvalue weighted by Crippen LogP contribution is -1.95. The van der Waals surface area contributed by atoms with E-state index in [-0.39, 0.29) is 6.61 Å². The molecule has 1 N–H and O–H groups in total. The highest BCUT2D eigenvalue weighted by Crippen LogP contribution is 2.27. The van der Waals surface area contributed by atoms with Crippen molar-refractivity contribution in [2.75, 3.05) is 6.61 Å². The quantitative estimate of drug-likeness (QED) is 0.811. The molecule has 0 heterocycles. The van der Waals surface area contributed by atoms with Crippen LogP contribution in [0.15, 0.2) is 18.2 Å². The molecule has 0 spiro atoms. The van der Waals surface area contributed by atoms with E-state index in [0.717, 1.165) is 17.0 Å². The molecule has 0 saturated carbocycles. The summed E-state index contributed by atoms with van der Waals surface area (Å²) < 4.78 is 0. The molecule has 0 aliphatic carbocycles. The van der Waals surface area contributed by atoms with Crippen LogP contribution in [0.25, 0.3) is 0 Å². The monoisotopic (exact) mass is 212 g/mol. The summed E-state index contributed by atoms with van der Waals surface area (Å²) in [7, 11) is 0. The molecule has 0 saturated heterocycles. The molecule has 1 aromatic carbocycles. The van der Waals surface area contributed by atoms with Gasteiger partial charge in [0.1, 0.15) is 0 Å². The van der Waals surface area contributed by atoms with Crippen LogP contribution < -0.4 is 0 Å².